The second-order valence-corrected chi connectivity index (χ2v) is 5.16. The summed E-state index contributed by atoms with van der Waals surface area (Å²) in [5.41, 5.74) is 1.88. The van der Waals surface area contributed by atoms with Crippen LogP contribution in [0.1, 0.15) is 24.1 Å². The summed E-state index contributed by atoms with van der Waals surface area (Å²) in [7, 11) is 0. The number of benzene rings is 2. The van der Waals surface area contributed by atoms with Crippen LogP contribution in [0, 0.1) is 5.82 Å². The van der Waals surface area contributed by atoms with Crippen molar-refractivity contribution in [3.63, 3.8) is 0 Å². The SMILES string of the molecule is CC(NCc1ccccc1F)c1cccc(Br)c1. The highest BCUT2D eigenvalue weighted by Gasteiger charge is 2.06. The van der Waals surface area contributed by atoms with Crippen molar-refractivity contribution in [1.82, 2.24) is 5.32 Å². The molecular weight excluding hydrogens is 293 g/mol. The van der Waals surface area contributed by atoms with Gasteiger partial charge >= 0.3 is 0 Å². The maximum atomic E-state index is 13.5. The predicted octanol–water partition coefficient (Wildman–Crippen LogP) is 4.44. The van der Waals surface area contributed by atoms with Gasteiger partial charge in [0.15, 0.2) is 0 Å². The maximum absolute atomic E-state index is 13.5. The summed E-state index contributed by atoms with van der Waals surface area (Å²) >= 11 is 3.45. The molecule has 0 bridgehead atoms. The second-order valence-electron chi connectivity index (χ2n) is 4.25. The molecule has 0 heterocycles. The normalized spacial score (nSPS) is 12.4. The molecule has 0 aliphatic heterocycles. The van der Waals surface area contributed by atoms with Gasteiger partial charge in [-0.25, -0.2) is 4.39 Å². The van der Waals surface area contributed by atoms with Gasteiger partial charge in [-0.15, -0.1) is 0 Å². The molecule has 1 unspecified atom stereocenters. The molecule has 2 aromatic carbocycles. The van der Waals surface area contributed by atoms with Gasteiger partial charge in [-0.3, -0.25) is 0 Å². The van der Waals surface area contributed by atoms with Gasteiger partial charge in [0.1, 0.15) is 5.82 Å². The lowest BCUT2D eigenvalue weighted by atomic mass is 10.1. The van der Waals surface area contributed by atoms with Gasteiger partial charge < -0.3 is 5.32 Å². The molecule has 2 aromatic rings. The zero-order valence-electron chi connectivity index (χ0n) is 10.2. The van der Waals surface area contributed by atoms with E-state index in [2.05, 4.69) is 40.3 Å². The third-order valence-corrected chi connectivity index (χ3v) is 3.40. The molecule has 0 saturated heterocycles. The Bertz CT molecular complexity index is 527. The second kappa shape index (κ2) is 6.12. The van der Waals surface area contributed by atoms with E-state index >= 15 is 0 Å². The molecule has 94 valence electrons. The van der Waals surface area contributed by atoms with Gasteiger partial charge in [0.25, 0.3) is 0 Å². The monoisotopic (exact) mass is 307 g/mol. The zero-order chi connectivity index (χ0) is 13.0. The van der Waals surface area contributed by atoms with Crippen molar-refractivity contribution in [3.8, 4) is 0 Å². The van der Waals surface area contributed by atoms with E-state index in [-0.39, 0.29) is 11.9 Å². The average Bonchev–Trinajstić information content (AvgIpc) is 2.37. The van der Waals surface area contributed by atoms with Gasteiger partial charge in [-0.2, -0.15) is 0 Å². The van der Waals surface area contributed by atoms with Crippen LogP contribution in [0.25, 0.3) is 0 Å². The van der Waals surface area contributed by atoms with Gasteiger partial charge in [0.2, 0.25) is 0 Å². The molecule has 0 radical (unpaired) electrons. The fourth-order valence-corrected chi connectivity index (χ4v) is 2.22. The van der Waals surface area contributed by atoms with Crippen molar-refractivity contribution < 1.29 is 4.39 Å². The molecule has 0 aliphatic rings. The van der Waals surface area contributed by atoms with E-state index in [1.165, 1.54) is 11.6 Å². The number of nitrogens with one attached hydrogen (secondary N) is 1. The summed E-state index contributed by atoms with van der Waals surface area (Å²) in [6.07, 6.45) is 0. The highest BCUT2D eigenvalue weighted by Crippen LogP contribution is 2.18. The minimum absolute atomic E-state index is 0.161. The van der Waals surface area contributed by atoms with Crippen LogP contribution >= 0.6 is 15.9 Å². The summed E-state index contributed by atoms with van der Waals surface area (Å²) in [5, 5.41) is 3.32. The molecule has 0 saturated carbocycles. The molecule has 18 heavy (non-hydrogen) atoms. The fraction of sp³-hybridized carbons (Fsp3) is 0.200. The molecule has 0 aliphatic carbocycles. The molecule has 1 nitrogen and oxygen atoms in total. The molecule has 0 amide bonds. The Kier molecular flexibility index (Phi) is 4.50. The predicted molar refractivity (Wildman–Crippen MR) is 75.8 cm³/mol. The van der Waals surface area contributed by atoms with Crippen molar-refractivity contribution in [2.45, 2.75) is 19.5 Å². The van der Waals surface area contributed by atoms with E-state index in [9.17, 15) is 4.39 Å². The third kappa shape index (κ3) is 3.40. The lowest BCUT2D eigenvalue weighted by Gasteiger charge is -2.15. The molecule has 0 spiro atoms. The Morgan fingerprint density at radius 2 is 1.94 bits per heavy atom. The summed E-state index contributed by atoms with van der Waals surface area (Å²) < 4.78 is 14.5. The Balaban J connectivity index is 2.00. The van der Waals surface area contributed by atoms with Gasteiger partial charge in [-0.1, -0.05) is 46.3 Å². The molecule has 2 rings (SSSR count). The minimum Gasteiger partial charge on any atom is -0.306 e. The largest absolute Gasteiger partial charge is 0.306 e. The van der Waals surface area contributed by atoms with E-state index < -0.39 is 0 Å². The van der Waals surface area contributed by atoms with Gasteiger partial charge in [0.05, 0.1) is 0 Å². The van der Waals surface area contributed by atoms with Gasteiger partial charge in [0, 0.05) is 22.6 Å². The Hall–Kier alpha value is -1.19. The Labute approximate surface area is 115 Å². The topological polar surface area (TPSA) is 12.0 Å². The number of hydrogen-bond acceptors (Lipinski definition) is 1. The van der Waals surface area contributed by atoms with E-state index in [4.69, 9.17) is 0 Å². The first-order valence-electron chi connectivity index (χ1n) is 5.89. The van der Waals surface area contributed by atoms with Crippen LogP contribution in [0.3, 0.4) is 0 Å². The van der Waals surface area contributed by atoms with Crippen LogP contribution < -0.4 is 5.32 Å². The van der Waals surface area contributed by atoms with Crippen LogP contribution in [0.2, 0.25) is 0 Å². The minimum atomic E-state index is -0.161. The first kappa shape index (κ1) is 13.2. The fourth-order valence-electron chi connectivity index (χ4n) is 1.80. The summed E-state index contributed by atoms with van der Waals surface area (Å²) in [6, 6.07) is 15.1. The smallest absolute Gasteiger partial charge is 0.127 e. The first-order valence-corrected chi connectivity index (χ1v) is 6.68. The van der Waals surface area contributed by atoms with Crippen LogP contribution in [0.15, 0.2) is 53.0 Å². The first-order chi connectivity index (χ1) is 8.66. The Morgan fingerprint density at radius 3 is 2.67 bits per heavy atom. The molecule has 0 fully saturated rings. The maximum Gasteiger partial charge on any atom is 0.127 e. The molecule has 1 N–H and O–H groups in total. The number of rotatable bonds is 4. The standard InChI is InChI=1S/C15H15BrFN/c1-11(12-6-4-7-14(16)9-12)18-10-13-5-2-3-8-15(13)17/h2-9,11,18H,10H2,1H3. The van der Waals surface area contributed by atoms with E-state index in [1.54, 1.807) is 12.1 Å². The van der Waals surface area contributed by atoms with Crippen molar-refractivity contribution in [3.05, 3.63) is 69.9 Å². The zero-order valence-corrected chi connectivity index (χ0v) is 11.7. The van der Waals surface area contributed by atoms with Crippen LogP contribution in [-0.2, 0) is 6.54 Å². The van der Waals surface area contributed by atoms with E-state index in [1.807, 2.05) is 18.2 Å². The molecule has 0 aromatic heterocycles. The lowest BCUT2D eigenvalue weighted by molar-refractivity contribution is 0.544. The molecule has 3 heteroatoms. The highest BCUT2D eigenvalue weighted by atomic mass is 79.9. The summed E-state index contributed by atoms with van der Waals surface area (Å²) in [4.78, 5) is 0. The average molecular weight is 308 g/mol. The Morgan fingerprint density at radius 1 is 1.17 bits per heavy atom. The van der Waals surface area contributed by atoms with Crippen LogP contribution in [-0.4, -0.2) is 0 Å². The van der Waals surface area contributed by atoms with Crippen molar-refractivity contribution in [1.29, 1.82) is 0 Å². The lowest BCUT2D eigenvalue weighted by Crippen LogP contribution is -2.18. The van der Waals surface area contributed by atoms with E-state index in [0.717, 1.165) is 4.47 Å². The molecule has 1 atom stereocenters. The quantitative estimate of drug-likeness (QED) is 0.880. The summed E-state index contributed by atoms with van der Waals surface area (Å²) in [5.74, 6) is -0.161. The number of hydrogen-bond donors (Lipinski definition) is 1. The third-order valence-electron chi connectivity index (χ3n) is 2.91. The molecular formula is C15H15BrFN. The van der Waals surface area contributed by atoms with Crippen LogP contribution in [0.4, 0.5) is 4.39 Å². The van der Waals surface area contributed by atoms with Crippen molar-refractivity contribution in [2.75, 3.05) is 0 Å². The van der Waals surface area contributed by atoms with E-state index in [0.29, 0.717) is 12.1 Å². The van der Waals surface area contributed by atoms with Crippen molar-refractivity contribution in [2.24, 2.45) is 0 Å². The summed E-state index contributed by atoms with van der Waals surface area (Å²) in [6.45, 7) is 2.60. The number of halogens is 2. The van der Waals surface area contributed by atoms with Crippen molar-refractivity contribution >= 4 is 15.9 Å². The van der Waals surface area contributed by atoms with Crippen LogP contribution in [0.5, 0.6) is 0 Å². The van der Waals surface area contributed by atoms with Gasteiger partial charge in [-0.05, 0) is 30.7 Å². The highest BCUT2D eigenvalue weighted by molar-refractivity contribution is 9.10.